The van der Waals surface area contributed by atoms with Gasteiger partial charge in [0.2, 0.25) is 5.91 Å². The largest absolute Gasteiger partial charge is 0.468 e. The fraction of sp³-hybridized carbons (Fsp3) is 0.846. The summed E-state index contributed by atoms with van der Waals surface area (Å²) < 4.78 is 4.85. The van der Waals surface area contributed by atoms with E-state index in [4.69, 9.17) is 4.74 Å². The van der Waals surface area contributed by atoms with Crippen molar-refractivity contribution in [1.82, 2.24) is 10.2 Å². The van der Waals surface area contributed by atoms with Crippen molar-refractivity contribution in [2.75, 3.05) is 26.7 Å². The van der Waals surface area contributed by atoms with Crippen molar-refractivity contribution in [3.63, 3.8) is 0 Å². The summed E-state index contributed by atoms with van der Waals surface area (Å²) in [6.45, 7) is 3.76. The summed E-state index contributed by atoms with van der Waals surface area (Å²) >= 11 is 0. The molecule has 1 saturated carbocycles. The van der Waals surface area contributed by atoms with E-state index in [1.165, 1.54) is 7.11 Å². The lowest BCUT2D eigenvalue weighted by Gasteiger charge is -2.28. The van der Waals surface area contributed by atoms with Gasteiger partial charge in [0.1, 0.15) is 5.54 Å². The Morgan fingerprint density at radius 1 is 1.33 bits per heavy atom. The van der Waals surface area contributed by atoms with Gasteiger partial charge in [0, 0.05) is 13.1 Å². The van der Waals surface area contributed by atoms with Gasteiger partial charge in [-0.25, -0.2) is 0 Å². The van der Waals surface area contributed by atoms with Crippen LogP contribution in [0, 0.1) is 5.92 Å². The van der Waals surface area contributed by atoms with E-state index in [0.717, 1.165) is 38.8 Å². The first-order valence-corrected chi connectivity index (χ1v) is 6.69. The van der Waals surface area contributed by atoms with E-state index in [1.54, 1.807) is 0 Å². The second-order valence-electron chi connectivity index (χ2n) is 5.41. The van der Waals surface area contributed by atoms with Crippen molar-refractivity contribution in [2.45, 2.75) is 38.1 Å². The number of methoxy groups -OCH3 is 1. The molecule has 0 bridgehead atoms. The summed E-state index contributed by atoms with van der Waals surface area (Å²) in [6, 6.07) is 0. The second kappa shape index (κ2) is 5.26. The fourth-order valence-corrected chi connectivity index (χ4v) is 2.59. The number of rotatable bonds is 5. The quantitative estimate of drug-likeness (QED) is 0.728. The van der Waals surface area contributed by atoms with Crippen LogP contribution in [0.2, 0.25) is 0 Å². The van der Waals surface area contributed by atoms with Crippen LogP contribution in [-0.4, -0.2) is 49.1 Å². The van der Waals surface area contributed by atoms with E-state index in [-0.39, 0.29) is 18.4 Å². The summed E-state index contributed by atoms with van der Waals surface area (Å²) in [4.78, 5) is 25.7. The number of ether oxygens (including phenoxy) is 1. The molecule has 18 heavy (non-hydrogen) atoms. The van der Waals surface area contributed by atoms with Crippen molar-refractivity contribution >= 4 is 11.9 Å². The van der Waals surface area contributed by atoms with Crippen LogP contribution >= 0.6 is 0 Å². The van der Waals surface area contributed by atoms with Crippen LogP contribution in [0.25, 0.3) is 0 Å². The number of esters is 1. The van der Waals surface area contributed by atoms with E-state index in [1.807, 2.05) is 11.8 Å². The molecule has 1 N–H and O–H groups in total. The standard InChI is InChI=1S/C13H22N2O3/c1-13(10-5-6-10,12(17)18-2)14-9-11(16)15-7-3-4-8-15/h10,14H,3-9H2,1-2H3. The third kappa shape index (κ3) is 2.66. The molecule has 0 aromatic rings. The molecule has 1 saturated heterocycles. The zero-order valence-corrected chi connectivity index (χ0v) is 11.2. The highest BCUT2D eigenvalue weighted by Gasteiger charge is 2.48. The van der Waals surface area contributed by atoms with Gasteiger partial charge >= 0.3 is 5.97 Å². The summed E-state index contributed by atoms with van der Waals surface area (Å²) in [5, 5.41) is 3.12. The molecule has 1 aliphatic carbocycles. The molecule has 1 aliphatic heterocycles. The summed E-state index contributed by atoms with van der Waals surface area (Å²) in [6.07, 6.45) is 4.22. The van der Waals surface area contributed by atoms with E-state index < -0.39 is 5.54 Å². The Hall–Kier alpha value is -1.10. The molecular weight excluding hydrogens is 232 g/mol. The molecule has 0 radical (unpaired) electrons. The maximum absolute atomic E-state index is 12.0. The van der Waals surface area contributed by atoms with E-state index in [9.17, 15) is 9.59 Å². The predicted molar refractivity (Wildman–Crippen MR) is 67.0 cm³/mol. The van der Waals surface area contributed by atoms with Gasteiger partial charge in [0.05, 0.1) is 13.7 Å². The number of hydrogen-bond donors (Lipinski definition) is 1. The molecule has 1 heterocycles. The summed E-state index contributed by atoms with van der Waals surface area (Å²) in [7, 11) is 1.40. The van der Waals surface area contributed by atoms with Crippen molar-refractivity contribution < 1.29 is 14.3 Å². The van der Waals surface area contributed by atoms with E-state index in [2.05, 4.69) is 5.32 Å². The fourth-order valence-electron chi connectivity index (χ4n) is 2.59. The maximum Gasteiger partial charge on any atom is 0.326 e. The first-order chi connectivity index (χ1) is 8.58. The predicted octanol–water partition coefficient (Wildman–Crippen LogP) is 0.540. The molecular formula is C13H22N2O3. The SMILES string of the molecule is COC(=O)C(C)(NCC(=O)N1CCCC1)C1CC1. The minimum absolute atomic E-state index is 0.0864. The van der Waals surface area contributed by atoms with Gasteiger partial charge in [0.25, 0.3) is 0 Å². The normalized spacial score (nSPS) is 22.7. The summed E-state index contributed by atoms with van der Waals surface area (Å²) in [5.41, 5.74) is -0.704. The maximum atomic E-state index is 12.0. The monoisotopic (exact) mass is 254 g/mol. The Morgan fingerprint density at radius 3 is 2.44 bits per heavy atom. The minimum Gasteiger partial charge on any atom is -0.468 e. The molecule has 102 valence electrons. The third-order valence-electron chi connectivity index (χ3n) is 4.07. The minimum atomic E-state index is -0.704. The Bertz CT molecular complexity index is 335. The van der Waals surface area contributed by atoms with Crippen LogP contribution in [0.5, 0.6) is 0 Å². The van der Waals surface area contributed by atoms with Crippen LogP contribution in [0.3, 0.4) is 0 Å². The van der Waals surface area contributed by atoms with Gasteiger partial charge in [-0.1, -0.05) is 0 Å². The Kier molecular flexibility index (Phi) is 3.90. The number of carbonyl (C=O) groups is 2. The van der Waals surface area contributed by atoms with Crippen molar-refractivity contribution in [3.8, 4) is 0 Å². The average molecular weight is 254 g/mol. The van der Waals surface area contributed by atoms with Crippen molar-refractivity contribution in [2.24, 2.45) is 5.92 Å². The molecule has 2 aliphatic rings. The van der Waals surface area contributed by atoms with Gasteiger partial charge in [-0.15, -0.1) is 0 Å². The lowest BCUT2D eigenvalue weighted by Crippen LogP contribution is -2.55. The molecule has 5 nitrogen and oxygen atoms in total. The molecule has 0 spiro atoms. The lowest BCUT2D eigenvalue weighted by atomic mass is 9.96. The molecule has 5 heteroatoms. The van der Waals surface area contributed by atoms with Crippen LogP contribution < -0.4 is 5.32 Å². The Balaban J connectivity index is 1.89. The Morgan fingerprint density at radius 2 is 1.94 bits per heavy atom. The van der Waals surface area contributed by atoms with Gasteiger partial charge < -0.3 is 9.64 Å². The number of likely N-dealkylation sites (tertiary alicyclic amines) is 1. The number of amides is 1. The molecule has 2 rings (SSSR count). The lowest BCUT2D eigenvalue weighted by molar-refractivity contribution is -0.149. The first-order valence-electron chi connectivity index (χ1n) is 6.69. The smallest absolute Gasteiger partial charge is 0.326 e. The zero-order valence-electron chi connectivity index (χ0n) is 11.2. The number of hydrogen-bond acceptors (Lipinski definition) is 4. The average Bonchev–Trinajstić information content (AvgIpc) is 3.10. The highest BCUT2D eigenvalue weighted by Crippen LogP contribution is 2.40. The van der Waals surface area contributed by atoms with Crippen LogP contribution in [0.1, 0.15) is 32.6 Å². The third-order valence-corrected chi connectivity index (χ3v) is 4.07. The topological polar surface area (TPSA) is 58.6 Å². The molecule has 1 atom stereocenters. The van der Waals surface area contributed by atoms with Crippen LogP contribution in [0.15, 0.2) is 0 Å². The first kappa shape index (κ1) is 13.3. The summed E-state index contributed by atoms with van der Waals surface area (Å²) in [5.74, 6) is 0.124. The van der Waals surface area contributed by atoms with E-state index in [0.29, 0.717) is 5.92 Å². The number of nitrogens with one attached hydrogen (secondary N) is 1. The molecule has 0 aromatic carbocycles. The molecule has 1 amide bonds. The molecule has 0 aromatic heterocycles. The Labute approximate surface area is 108 Å². The van der Waals surface area contributed by atoms with Crippen LogP contribution in [-0.2, 0) is 14.3 Å². The molecule has 1 unspecified atom stereocenters. The molecule has 2 fully saturated rings. The van der Waals surface area contributed by atoms with Gasteiger partial charge in [-0.05, 0) is 38.5 Å². The van der Waals surface area contributed by atoms with Gasteiger partial charge in [-0.2, -0.15) is 0 Å². The van der Waals surface area contributed by atoms with Crippen molar-refractivity contribution in [3.05, 3.63) is 0 Å². The van der Waals surface area contributed by atoms with Crippen molar-refractivity contribution in [1.29, 1.82) is 0 Å². The van der Waals surface area contributed by atoms with E-state index >= 15 is 0 Å². The van der Waals surface area contributed by atoms with Gasteiger partial charge in [0.15, 0.2) is 0 Å². The van der Waals surface area contributed by atoms with Crippen LogP contribution in [0.4, 0.5) is 0 Å². The highest BCUT2D eigenvalue weighted by atomic mass is 16.5. The number of carbonyl (C=O) groups excluding carboxylic acids is 2. The highest BCUT2D eigenvalue weighted by molar-refractivity contribution is 5.83. The van der Waals surface area contributed by atoms with Gasteiger partial charge in [-0.3, -0.25) is 14.9 Å². The number of nitrogens with zero attached hydrogens (tertiary/aromatic N) is 1. The zero-order chi connectivity index (χ0) is 13.2. The second-order valence-corrected chi connectivity index (χ2v) is 5.41.